The summed E-state index contributed by atoms with van der Waals surface area (Å²) in [5, 5.41) is 4.82. The molecule has 1 N–H and O–H groups in total. The SMILES string of the molecule is CCCNC(C1CC(C)CC(C)C1)C1CCCCS1. The molecule has 1 nitrogen and oxygen atoms in total. The first-order chi connectivity index (χ1) is 9.20. The maximum Gasteiger partial charge on any atom is 0.0214 e. The normalized spacial score (nSPS) is 38.1. The molecule has 2 rings (SSSR count). The van der Waals surface area contributed by atoms with Gasteiger partial charge in [0, 0.05) is 11.3 Å². The van der Waals surface area contributed by atoms with Gasteiger partial charge in [-0.2, -0.15) is 11.8 Å². The van der Waals surface area contributed by atoms with Crippen LogP contribution in [0, 0.1) is 17.8 Å². The van der Waals surface area contributed by atoms with Gasteiger partial charge in [-0.05, 0) is 68.6 Å². The third kappa shape index (κ3) is 4.67. The van der Waals surface area contributed by atoms with Crippen LogP contribution in [0.25, 0.3) is 0 Å². The van der Waals surface area contributed by atoms with Crippen molar-refractivity contribution in [2.45, 2.75) is 77.0 Å². The Morgan fingerprint density at radius 2 is 1.84 bits per heavy atom. The fraction of sp³-hybridized carbons (Fsp3) is 1.00. The van der Waals surface area contributed by atoms with Gasteiger partial charge in [0.05, 0.1) is 0 Å². The van der Waals surface area contributed by atoms with Gasteiger partial charge in [-0.1, -0.05) is 27.2 Å². The first-order valence-corrected chi connectivity index (χ1v) is 9.60. The molecule has 1 aliphatic heterocycles. The zero-order valence-corrected chi connectivity index (χ0v) is 14.0. The molecule has 0 radical (unpaired) electrons. The van der Waals surface area contributed by atoms with Crippen LogP contribution in [0.2, 0.25) is 0 Å². The van der Waals surface area contributed by atoms with Crippen molar-refractivity contribution in [1.29, 1.82) is 0 Å². The summed E-state index contributed by atoms with van der Waals surface area (Å²) in [5.41, 5.74) is 0. The summed E-state index contributed by atoms with van der Waals surface area (Å²) in [6.07, 6.45) is 10.00. The van der Waals surface area contributed by atoms with E-state index in [1.165, 1.54) is 57.2 Å². The van der Waals surface area contributed by atoms with Crippen LogP contribution in [-0.2, 0) is 0 Å². The molecule has 0 bridgehead atoms. The monoisotopic (exact) mass is 283 g/mol. The Morgan fingerprint density at radius 1 is 1.11 bits per heavy atom. The molecular formula is C17H33NS. The topological polar surface area (TPSA) is 12.0 Å². The van der Waals surface area contributed by atoms with Gasteiger partial charge in [-0.15, -0.1) is 0 Å². The van der Waals surface area contributed by atoms with Gasteiger partial charge in [-0.25, -0.2) is 0 Å². The molecule has 0 spiro atoms. The van der Waals surface area contributed by atoms with Gasteiger partial charge >= 0.3 is 0 Å². The zero-order valence-electron chi connectivity index (χ0n) is 13.2. The van der Waals surface area contributed by atoms with Gasteiger partial charge in [-0.3, -0.25) is 0 Å². The molecule has 1 saturated carbocycles. The lowest BCUT2D eigenvalue weighted by molar-refractivity contribution is 0.171. The van der Waals surface area contributed by atoms with E-state index < -0.39 is 0 Å². The molecule has 2 fully saturated rings. The molecule has 4 atom stereocenters. The third-order valence-corrected chi connectivity index (χ3v) is 6.45. The number of thioether (sulfide) groups is 1. The van der Waals surface area contributed by atoms with Crippen molar-refractivity contribution in [3.8, 4) is 0 Å². The Bertz CT molecular complexity index is 240. The Morgan fingerprint density at radius 3 is 2.42 bits per heavy atom. The molecule has 0 amide bonds. The molecule has 0 aromatic carbocycles. The molecule has 19 heavy (non-hydrogen) atoms. The summed E-state index contributed by atoms with van der Waals surface area (Å²) in [7, 11) is 0. The van der Waals surface area contributed by atoms with Gasteiger partial charge in [0.25, 0.3) is 0 Å². The molecule has 2 heteroatoms. The number of hydrogen-bond donors (Lipinski definition) is 1. The van der Waals surface area contributed by atoms with Crippen LogP contribution >= 0.6 is 11.8 Å². The van der Waals surface area contributed by atoms with E-state index in [1.807, 2.05) is 0 Å². The van der Waals surface area contributed by atoms with Crippen LogP contribution in [0.5, 0.6) is 0 Å². The zero-order chi connectivity index (χ0) is 13.7. The molecule has 2 aliphatic rings. The quantitative estimate of drug-likeness (QED) is 0.784. The molecule has 4 unspecified atom stereocenters. The summed E-state index contributed by atoms with van der Waals surface area (Å²) in [6, 6.07) is 0.787. The fourth-order valence-electron chi connectivity index (χ4n) is 4.26. The van der Waals surface area contributed by atoms with E-state index in [2.05, 4.69) is 37.8 Å². The first kappa shape index (κ1) is 15.7. The third-order valence-electron chi connectivity index (χ3n) is 4.97. The van der Waals surface area contributed by atoms with Crippen LogP contribution in [0.4, 0.5) is 0 Å². The summed E-state index contributed by atoms with van der Waals surface area (Å²) in [6.45, 7) is 8.44. The van der Waals surface area contributed by atoms with Crippen molar-refractivity contribution in [1.82, 2.24) is 5.32 Å². The van der Waals surface area contributed by atoms with Crippen molar-refractivity contribution in [2.75, 3.05) is 12.3 Å². The predicted molar refractivity (Wildman–Crippen MR) is 87.8 cm³/mol. The second-order valence-corrected chi connectivity index (χ2v) is 8.41. The van der Waals surface area contributed by atoms with Gasteiger partial charge in [0.15, 0.2) is 0 Å². The Kier molecular flexibility index (Phi) is 6.55. The van der Waals surface area contributed by atoms with Crippen LogP contribution in [-0.4, -0.2) is 23.6 Å². The highest BCUT2D eigenvalue weighted by atomic mass is 32.2. The molecule has 112 valence electrons. The largest absolute Gasteiger partial charge is 0.313 e. The fourth-order valence-corrected chi connectivity index (χ4v) is 5.80. The first-order valence-electron chi connectivity index (χ1n) is 8.55. The van der Waals surface area contributed by atoms with E-state index in [0.717, 1.165) is 29.0 Å². The summed E-state index contributed by atoms with van der Waals surface area (Å²) in [4.78, 5) is 0. The summed E-state index contributed by atoms with van der Waals surface area (Å²) in [5.74, 6) is 4.20. The molecule has 0 aromatic heterocycles. The van der Waals surface area contributed by atoms with E-state index in [4.69, 9.17) is 0 Å². The van der Waals surface area contributed by atoms with Crippen molar-refractivity contribution in [2.24, 2.45) is 17.8 Å². The predicted octanol–water partition coefficient (Wildman–Crippen LogP) is 4.71. The van der Waals surface area contributed by atoms with E-state index in [9.17, 15) is 0 Å². The van der Waals surface area contributed by atoms with Crippen molar-refractivity contribution in [3.05, 3.63) is 0 Å². The molecule has 0 aromatic rings. The summed E-state index contributed by atoms with van der Waals surface area (Å²) >= 11 is 2.26. The van der Waals surface area contributed by atoms with E-state index in [-0.39, 0.29) is 0 Å². The number of rotatable bonds is 5. The average Bonchev–Trinajstić information content (AvgIpc) is 2.39. The standard InChI is InChI=1S/C17H33NS/c1-4-8-18-17(16-7-5-6-9-19-16)15-11-13(2)10-14(3)12-15/h13-18H,4-12H2,1-3H3. The lowest BCUT2D eigenvalue weighted by Crippen LogP contribution is -2.47. The number of hydrogen-bond acceptors (Lipinski definition) is 2. The van der Waals surface area contributed by atoms with Crippen LogP contribution in [0.1, 0.15) is 65.7 Å². The van der Waals surface area contributed by atoms with Crippen molar-refractivity contribution >= 4 is 11.8 Å². The Hall–Kier alpha value is 0.310. The smallest absolute Gasteiger partial charge is 0.0214 e. The van der Waals surface area contributed by atoms with Crippen LogP contribution in [0.15, 0.2) is 0 Å². The van der Waals surface area contributed by atoms with Gasteiger partial charge < -0.3 is 5.32 Å². The lowest BCUT2D eigenvalue weighted by Gasteiger charge is -2.41. The highest BCUT2D eigenvalue weighted by Gasteiger charge is 2.34. The minimum Gasteiger partial charge on any atom is -0.313 e. The van der Waals surface area contributed by atoms with E-state index in [0.29, 0.717) is 0 Å². The number of nitrogens with one attached hydrogen (secondary N) is 1. The molecule has 1 saturated heterocycles. The van der Waals surface area contributed by atoms with Gasteiger partial charge in [0.1, 0.15) is 0 Å². The van der Waals surface area contributed by atoms with Crippen LogP contribution < -0.4 is 5.32 Å². The van der Waals surface area contributed by atoms with Crippen molar-refractivity contribution in [3.63, 3.8) is 0 Å². The summed E-state index contributed by atoms with van der Waals surface area (Å²) < 4.78 is 0. The van der Waals surface area contributed by atoms with E-state index in [1.54, 1.807) is 0 Å². The second kappa shape index (κ2) is 7.93. The molecule has 1 aliphatic carbocycles. The minimum absolute atomic E-state index is 0.787. The molecule has 1 heterocycles. The van der Waals surface area contributed by atoms with Gasteiger partial charge in [0.2, 0.25) is 0 Å². The molecular weight excluding hydrogens is 250 g/mol. The Labute approximate surface area is 124 Å². The lowest BCUT2D eigenvalue weighted by atomic mass is 9.72. The highest BCUT2D eigenvalue weighted by molar-refractivity contribution is 8.00. The maximum absolute atomic E-state index is 3.93. The minimum atomic E-state index is 0.787. The van der Waals surface area contributed by atoms with Crippen LogP contribution in [0.3, 0.4) is 0 Å². The highest BCUT2D eigenvalue weighted by Crippen LogP contribution is 2.39. The van der Waals surface area contributed by atoms with E-state index >= 15 is 0 Å². The Balaban J connectivity index is 1.98. The maximum atomic E-state index is 3.93. The average molecular weight is 284 g/mol. The van der Waals surface area contributed by atoms with Crippen molar-refractivity contribution < 1.29 is 0 Å². The second-order valence-electron chi connectivity index (χ2n) is 7.06.